The van der Waals surface area contributed by atoms with Gasteiger partial charge in [0.05, 0.1) is 6.61 Å². The summed E-state index contributed by atoms with van der Waals surface area (Å²) in [7, 11) is 0. The third kappa shape index (κ3) is 4.32. The number of anilines is 3. The van der Waals surface area contributed by atoms with E-state index in [0.29, 0.717) is 35.5 Å². The molecule has 4 rings (SSSR count). The number of nitrogen functional groups attached to an aromatic ring is 1. The van der Waals surface area contributed by atoms with Gasteiger partial charge in [0.15, 0.2) is 12.2 Å². The smallest absolute Gasteiger partial charge is 0.259 e. The van der Waals surface area contributed by atoms with Crippen LogP contribution in [0.2, 0.25) is 0 Å². The predicted molar refractivity (Wildman–Crippen MR) is 118 cm³/mol. The van der Waals surface area contributed by atoms with Crippen LogP contribution in [-0.4, -0.2) is 54.0 Å². The molecule has 0 aromatic heterocycles. The van der Waals surface area contributed by atoms with Crippen molar-refractivity contribution in [1.82, 2.24) is 0 Å². The molecule has 2 aromatic rings. The number of aliphatic hydroxyl groups is 1. The van der Waals surface area contributed by atoms with E-state index in [1.165, 1.54) is 4.90 Å². The number of carbonyl (C=O) groups is 3. The molecule has 3 amide bonds. The van der Waals surface area contributed by atoms with E-state index in [0.717, 1.165) is 5.56 Å². The number of nitrogens with zero attached hydrogens (tertiary/aromatic N) is 1. The van der Waals surface area contributed by atoms with Gasteiger partial charge in [0, 0.05) is 35.6 Å². The summed E-state index contributed by atoms with van der Waals surface area (Å²) in [5.41, 5.74) is 8.47. The number of amidine groups is 1. The lowest BCUT2D eigenvalue weighted by Crippen LogP contribution is -2.55. The number of nitrogens with two attached hydrogens (primary N) is 1. The standard InChI is InChI=1S/C22H23N5O5/c23-20(24)13-1-5-14(6-2-13)25-21(30)18(29)19-22(31)27(9-10-32-19)15-7-3-12-4-8-17(28)26-16(12)11-15/h1-3,5-7,11,18-19,29H,4,8-10H2,(H3,23,24)(H,25,30)(H,26,28)/t18-,19-/m1/s1. The third-order valence-corrected chi connectivity index (χ3v) is 5.44. The second kappa shape index (κ2) is 8.77. The summed E-state index contributed by atoms with van der Waals surface area (Å²) in [5, 5.41) is 23.2. The van der Waals surface area contributed by atoms with E-state index in [-0.39, 0.29) is 24.9 Å². The molecule has 2 aliphatic rings. The second-order valence-electron chi connectivity index (χ2n) is 7.60. The molecule has 166 valence electrons. The van der Waals surface area contributed by atoms with Crippen LogP contribution in [0.25, 0.3) is 0 Å². The van der Waals surface area contributed by atoms with Gasteiger partial charge in [0.1, 0.15) is 5.84 Å². The fourth-order valence-corrected chi connectivity index (χ4v) is 3.70. The Balaban J connectivity index is 1.46. The van der Waals surface area contributed by atoms with Crippen molar-refractivity contribution in [2.75, 3.05) is 28.7 Å². The predicted octanol–water partition coefficient (Wildman–Crippen LogP) is 0.587. The number of nitrogens with one attached hydrogen (secondary N) is 3. The Hall–Kier alpha value is -3.76. The number of morpholine rings is 1. The van der Waals surface area contributed by atoms with E-state index in [1.807, 2.05) is 6.07 Å². The first kappa shape index (κ1) is 21.5. The zero-order valence-electron chi connectivity index (χ0n) is 17.1. The quantitative estimate of drug-likeness (QED) is 0.340. The maximum Gasteiger partial charge on any atom is 0.259 e. The molecule has 1 saturated heterocycles. The first-order valence-corrected chi connectivity index (χ1v) is 10.1. The monoisotopic (exact) mass is 437 g/mol. The maximum atomic E-state index is 13.0. The van der Waals surface area contributed by atoms with Gasteiger partial charge in [-0.2, -0.15) is 0 Å². The summed E-state index contributed by atoms with van der Waals surface area (Å²) in [6.45, 7) is 0.389. The Bertz CT molecular complexity index is 1080. The van der Waals surface area contributed by atoms with Crippen molar-refractivity contribution >= 4 is 40.6 Å². The summed E-state index contributed by atoms with van der Waals surface area (Å²) in [6, 6.07) is 11.6. The van der Waals surface area contributed by atoms with Gasteiger partial charge in [-0.1, -0.05) is 6.07 Å². The molecule has 2 atom stereocenters. The average Bonchev–Trinajstić information content (AvgIpc) is 2.78. The molecule has 0 radical (unpaired) electrons. The van der Waals surface area contributed by atoms with Crippen LogP contribution < -0.4 is 21.3 Å². The molecule has 10 heteroatoms. The minimum atomic E-state index is -1.73. The highest BCUT2D eigenvalue weighted by atomic mass is 16.5. The van der Waals surface area contributed by atoms with Gasteiger partial charge in [-0.05, 0) is 48.4 Å². The normalized spacial score (nSPS) is 19.0. The number of fused-ring (bicyclic) bond motifs is 1. The number of carbonyl (C=O) groups excluding carboxylic acids is 3. The highest BCUT2D eigenvalue weighted by Crippen LogP contribution is 2.29. The van der Waals surface area contributed by atoms with E-state index < -0.39 is 24.0 Å². The van der Waals surface area contributed by atoms with Crippen LogP contribution in [0.1, 0.15) is 17.5 Å². The zero-order chi connectivity index (χ0) is 22.8. The fraction of sp³-hybridized carbons (Fsp3) is 0.273. The van der Waals surface area contributed by atoms with Crippen LogP contribution in [0, 0.1) is 5.41 Å². The first-order chi connectivity index (χ1) is 15.3. The van der Waals surface area contributed by atoms with E-state index in [1.54, 1.807) is 36.4 Å². The molecule has 32 heavy (non-hydrogen) atoms. The van der Waals surface area contributed by atoms with Crippen molar-refractivity contribution in [2.24, 2.45) is 5.73 Å². The van der Waals surface area contributed by atoms with E-state index in [2.05, 4.69) is 10.6 Å². The lowest BCUT2D eigenvalue weighted by Gasteiger charge is -2.34. The number of hydrogen-bond acceptors (Lipinski definition) is 6. The summed E-state index contributed by atoms with van der Waals surface area (Å²) in [6.07, 6.45) is -2.04. The van der Waals surface area contributed by atoms with Crippen LogP contribution in [0.15, 0.2) is 42.5 Å². The number of ether oxygens (including phenoxy) is 1. The van der Waals surface area contributed by atoms with Gasteiger partial charge < -0.3 is 31.1 Å². The van der Waals surface area contributed by atoms with Crippen molar-refractivity contribution in [3.8, 4) is 0 Å². The molecule has 0 saturated carbocycles. The van der Waals surface area contributed by atoms with Crippen LogP contribution in [0.3, 0.4) is 0 Å². The molecule has 6 N–H and O–H groups in total. The highest BCUT2D eigenvalue weighted by molar-refractivity contribution is 6.04. The highest BCUT2D eigenvalue weighted by Gasteiger charge is 2.39. The van der Waals surface area contributed by atoms with E-state index in [4.69, 9.17) is 15.9 Å². The summed E-state index contributed by atoms with van der Waals surface area (Å²) < 4.78 is 5.43. The molecule has 0 unspecified atom stereocenters. The van der Waals surface area contributed by atoms with E-state index >= 15 is 0 Å². The van der Waals surface area contributed by atoms with Gasteiger partial charge in [0.2, 0.25) is 5.91 Å². The summed E-state index contributed by atoms with van der Waals surface area (Å²) in [4.78, 5) is 38.7. The molecule has 10 nitrogen and oxygen atoms in total. The van der Waals surface area contributed by atoms with Crippen LogP contribution in [0.4, 0.5) is 17.1 Å². The SMILES string of the molecule is N=C(N)c1ccc(NC(=O)[C@H](O)[C@H]2OCCN(c3ccc4c(c3)NC(=O)CC4)C2=O)cc1. The molecule has 2 heterocycles. The van der Waals surface area contributed by atoms with Crippen molar-refractivity contribution in [3.05, 3.63) is 53.6 Å². The number of amides is 3. The Labute approximate surface area is 183 Å². The van der Waals surface area contributed by atoms with Crippen molar-refractivity contribution < 1.29 is 24.2 Å². The number of aliphatic hydroxyl groups excluding tert-OH is 1. The number of rotatable bonds is 5. The lowest BCUT2D eigenvalue weighted by molar-refractivity contribution is -0.150. The molecule has 1 fully saturated rings. The fourth-order valence-electron chi connectivity index (χ4n) is 3.70. The number of aryl methyl sites for hydroxylation is 1. The molecule has 0 aliphatic carbocycles. The van der Waals surface area contributed by atoms with Gasteiger partial charge in [-0.15, -0.1) is 0 Å². The molecule has 2 aliphatic heterocycles. The third-order valence-electron chi connectivity index (χ3n) is 5.44. The van der Waals surface area contributed by atoms with Crippen molar-refractivity contribution in [1.29, 1.82) is 5.41 Å². The largest absolute Gasteiger partial charge is 0.384 e. The van der Waals surface area contributed by atoms with Gasteiger partial charge in [-0.3, -0.25) is 19.8 Å². The zero-order valence-corrected chi connectivity index (χ0v) is 17.1. The van der Waals surface area contributed by atoms with Gasteiger partial charge in [0.25, 0.3) is 11.8 Å². The van der Waals surface area contributed by atoms with Crippen molar-refractivity contribution in [3.63, 3.8) is 0 Å². The summed E-state index contributed by atoms with van der Waals surface area (Å²) >= 11 is 0. The first-order valence-electron chi connectivity index (χ1n) is 10.1. The minimum Gasteiger partial charge on any atom is -0.384 e. The Morgan fingerprint density at radius 2 is 1.97 bits per heavy atom. The van der Waals surface area contributed by atoms with Crippen LogP contribution in [-0.2, 0) is 25.5 Å². The van der Waals surface area contributed by atoms with Crippen LogP contribution >= 0.6 is 0 Å². The Kier molecular flexibility index (Phi) is 5.89. The van der Waals surface area contributed by atoms with Gasteiger partial charge >= 0.3 is 0 Å². The Morgan fingerprint density at radius 1 is 1.22 bits per heavy atom. The van der Waals surface area contributed by atoms with Crippen LogP contribution in [0.5, 0.6) is 0 Å². The molecular formula is C22H23N5O5. The molecule has 0 spiro atoms. The molecule has 2 aromatic carbocycles. The minimum absolute atomic E-state index is 0.0794. The topological polar surface area (TPSA) is 158 Å². The lowest BCUT2D eigenvalue weighted by atomic mass is 10.0. The van der Waals surface area contributed by atoms with Crippen molar-refractivity contribution in [2.45, 2.75) is 25.0 Å². The number of benzene rings is 2. The number of hydrogen-bond donors (Lipinski definition) is 5. The average molecular weight is 437 g/mol. The maximum absolute atomic E-state index is 13.0. The van der Waals surface area contributed by atoms with E-state index in [9.17, 15) is 19.5 Å². The Morgan fingerprint density at radius 3 is 2.69 bits per heavy atom. The summed E-state index contributed by atoms with van der Waals surface area (Å²) in [5.74, 6) is -1.53. The molecule has 0 bridgehead atoms. The van der Waals surface area contributed by atoms with Gasteiger partial charge in [-0.25, -0.2) is 0 Å². The molecular weight excluding hydrogens is 414 g/mol. The second-order valence-corrected chi connectivity index (χ2v) is 7.60.